The Hall–Kier alpha value is -2.18. The Morgan fingerprint density at radius 2 is 1.96 bits per heavy atom. The lowest BCUT2D eigenvalue weighted by Gasteiger charge is -2.37. The van der Waals surface area contributed by atoms with Gasteiger partial charge in [-0.25, -0.2) is 0 Å². The van der Waals surface area contributed by atoms with Gasteiger partial charge in [-0.1, -0.05) is 35.5 Å². The van der Waals surface area contributed by atoms with Crippen molar-refractivity contribution in [1.29, 1.82) is 0 Å². The van der Waals surface area contributed by atoms with Gasteiger partial charge in [-0.15, -0.1) is 0 Å². The van der Waals surface area contributed by atoms with Crippen LogP contribution >= 0.6 is 0 Å². The van der Waals surface area contributed by atoms with Crippen molar-refractivity contribution in [2.24, 2.45) is 0 Å². The number of carbonyl (C=O) groups is 1. The molecule has 0 saturated carbocycles. The summed E-state index contributed by atoms with van der Waals surface area (Å²) in [6.45, 7) is 8.91. The molecule has 2 aromatic rings. The van der Waals surface area contributed by atoms with Gasteiger partial charge in [0.05, 0.1) is 11.7 Å². The zero-order valence-corrected chi connectivity index (χ0v) is 14.9. The summed E-state index contributed by atoms with van der Waals surface area (Å²) in [5.41, 5.74) is 2.09. The third-order valence-electron chi connectivity index (χ3n) is 4.71. The summed E-state index contributed by atoms with van der Waals surface area (Å²) in [6, 6.07) is 11.9. The number of rotatable bonds is 6. The first-order valence-corrected chi connectivity index (χ1v) is 8.82. The Labute approximate surface area is 148 Å². The summed E-state index contributed by atoms with van der Waals surface area (Å²) in [5, 5.41) is 7.08. The molecule has 3 rings (SSSR count). The van der Waals surface area contributed by atoms with Gasteiger partial charge >= 0.3 is 0 Å². The quantitative estimate of drug-likeness (QED) is 0.867. The van der Waals surface area contributed by atoms with Gasteiger partial charge in [0, 0.05) is 45.3 Å². The molecule has 1 aromatic heterocycles. The van der Waals surface area contributed by atoms with Crippen LogP contribution in [-0.2, 0) is 17.9 Å². The molecule has 1 aliphatic heterocycles. The summed E-state index contributed by atoms with van der Waals surface area (Å²) >= 11 is 0. The second-order valence-electron chi connectivity index (χ2n) is 6.62. The van der Waals surface area contributed by atoms with E-state index < -0.39 is 0 Å². The molecular weight excluding hydrogens is 316 g/mol. The molecule has 0 spiro atoms. The predicted octanol–water partition coefficient (Wildman–Crippen LogP) is 1.81. The fourth-order valence-corrected chi connectivity index (χ4v) is 3.13. The van der Waals surface area contributed by atoms with E-state index in [1.807, 2.05) is 50.2 Å². The number of nitrogens with zero attached hydrogens (tertiary/aromatic N) is 3. The fourth-order valence-electron chi connectivity index (χ4n) is 3.13. The first-order valence-electron chi connectivity index (χ1n) is 8.82. The molecule has 1 unspecified atom stereocenters. The predicted molar refractivity (Wildman–Crippen MR) is 95.8 cm³/mol. The Kier molecular flexibility index (Phi) is 5.83. The van der Waals surface area contributed by atoms with Crippen LogP contribution in [0, 0.1) is 6.92 Å². The maximum atomic E-state index is 12.4. The molecule has 1 fully saturated rings. The third-order valence-corrected chi connectivity index (χ3v) is 4.71. The van der Waals surface area contributed by atoms with Gasteiger partial charge in [0.2, 0.25) is 5.91 Å². The number of carbonyl (C=O) groups excluding carboxylic acids is 1. The van der Waals surface area contributed by atoms with Crippen LogP contribution in [0.2, 0.25) is 0 Å². The molecule has 6 nitrogen and oxygen atoms in total. The molecule has 0 bridgehead atoms. The molecule has 2 heterocycles. The van der Waals surface area contributed by atoms with Crippen molar-refractivity contribution < 1.29 is 9.32 Å². The van der Waals surface area contributed by atoms with E-state index in [1.54, 1.807) is 0 Å². The van der Waals surface area contributed by atoms with Crippen LogP contribution in [0.15, 0.2) is 40.9 Å². The van der Waals surface area contributed by atoms with Crippen molar-refractivity contribution in [1.82, 2.24) is 20.3 Å². The lowest BCUT2D eigenvalue weighted by atomic mass is 10.2. The lowest BCUT2D eigenvalue weighted by Crippen LogP contribution is -2.53. The van der Waals surface area contributed by atoms with E-state index in [1.165, 1.54) is 0 Å². The van der Waals surface area contributed by atoms with Crippen LogP contribution in [0.25, 0.3) is 0 Å². The van der Waals surface area contributed by atoms with Crippen LogP contribution in [-0.4, -0.2) is 53.1 Å². The van der Waals surface area contributed by atoms with Crippen LogP contribution in [0.3, 0.4) is 0 Å². The van der Waals surface area contributed by atoms with E-state index >= 15 is 0 Å². The fraction of sp³-hybridized carbons (Fsp3) is 0.474. The Morgan fingerprint density at radius 3 is 2.60 bits per heavy atom. The number of hydrogen-bond donors (Lipinski definition) is 1. The van der Waals surface area contributed by atoms with Gasteiger partial charge in [-0.3, -0.25) is 14.6 Å². The molecule has 25 heavy (non-hydrogen) atoms. The van der Waals surface area contributed by atoms with Crippen molar-refractivity contribution in [3.8, 4) is 0 Å². The molecule has 1 aliphatic rings. The number of aromatic nitrogens is 1. The van der Waals surface area contributed by atoms with Crippen molar-refractivity contribution >= 4 is 5.91 Å². The second kappa shape index (κ2) is 8.27. The summed E-state index contributed by atoms with van der Waals surface area (Å²) in [4.78, 5) is 17.0. The number of aryl methyl sites for hydroxylation is 1. The SMILES string of the molecule is Cc1cc(CN2CCN(C(C)C(=O)NCc3ccccc3)CC2)no1. The Balaban J connectivity index is 1.42. The maximum Gasteiger partial charge on any atom is 0.237 e. The van der Waals surface area contributed by atoms with Crippen LogP contribution in [0.1, 0.15) is 23.9 Å². The first-order chi connectivity index (χ1) is 12.1. The molecule has 1 atom stereocenters. The highest BCUT2D eigenvalue weighted by Crippen LogP contribution is 2.11. The number of benzene rings is 1. The van der Waals surface area contributed by atoms with E-state index in [9.17, 15) is 4.79 Å². The van der Waals surface area contributed by atoms with Crippen LogP contribution < -0.4 is 5.32 Å². The highest BCUT2D eigenvalue weighted by molar-refractivity contribution is 5.81. The van der Waals surface area contributed by atoms with E-state index in [0.717, 1.165) is 49.7 Å². The normalized spacial score (nSPS) is 17.4. The largest absolute Gasteiger partial charge is 0.361 e. The maximum absolute atomic E-state index is 12.4. The summed E-state index contributed by atoms with van der Waals surface area (Å²) in [6.07, 6.45) is 0. The Morgan fingerprint density at radius 1 is 1.24 bits per heavy atom. The Bertz CT molecular complexity index is 678. The zero-order chi connectivity index (χ0) is 17.6. The summed E-state index contributed by atoms with van der Waals surface area (Å²) in [7, 11) is 0. The van der Waals surface area contributed by atoms with E-state index in [2.05, 4.69) is 20.3 Å². The summed E-state index contributed by atoms with van der Waals surface area (Å²) in [5.74, 6) is 0.932. The molecule has 0 radical (unpaired) electrons. The highest BCUT2D eigenvalue weighted by atomic mass is 16.5. The topological polar surface area (TPSA) is 61.6 Å². The van der Waals surface area contributed by atoms with E-state index in [-0.39, 0.29) is 11.9 Å². The minimum Gasteiger partial charge on any atom is -0.361 e. The van der Waals surface area contributed by atoms with E-state index in [4.69, 9.17) is 4.52 Å². The second-order valence-corrected chi connectivity index (χ2v) is 6.62. The van der Waals surface area contributed by atoms with Gasteiger partial charge in [0.25, 0.3) is 0 Å². The van der Waals surface area contributed by atoms with Crippen molar-refractivity contribution in [3.63, 3.8) is 0 Å². The number of nitrogens with one attached hydrogen (secondary N) is 1. The summed E-state index contributed by atoms with van der Waals surface area (Å²) < 4.78 is 5.12. The average Bonchev–Trinajstić information content (AvgIpc) is 3.05. The van der Waals surface area contributed by atoms with Crippen LogP contribution in [0.4, 0.5) is 0 Å². The van der Waals surface area contributed by atoms with Crippen LogP contribution in [0.5, 0.6) is 0 Å². The zero-order valence-electron chi connectivity index (χ0n) is 14.9. The highest BCUT2D eigenvalue weighted by Gasteiger charge is 2.25. The lowest BCUT2D eigenvalue weighted by molar-refractivity contribution is -0.126. The average molecular weight is 342 g/mol. The standard InChI is InChI=1S/C19H26N4O2/c1-15-12-18(21-25-15)14-22-8-10-23(11-9-22)16(2)19(24)20-13-17-6-4-3-5-7-17/h3-7,12,16H,8-11,13-14H2,1-2H3,(H,20,24). The smallest absolute Gasteiger partial charge is 0.237 e. The molecule has 1 amide bonds. The number of piperazine rings is 1. The molecule has 134 valence electrons. The first kappa shape index (κ1) is 17.6. The molecule has 1 N–H and O–H groups in total. The molecule has 0 aliphatic carbocycles. The minimum absolute atomic E-state index is 0.0874. The van der Waals surface area contributed by atoms with Crippen molar-refractivity contribution in [2.75, 3.05) is 26.2 Å². The minimum atomic E-state index is -0.111. The van der Waals surface area contributed by atoms with Gasteiger partial charge in [0.15, 0.2) is 0 Å². The van der Waals surface area contributed by atoms with Gasteiger partial charge in [0.1, 0.15) is 5.76 Å². The molecular formula is C19H26N4O2. The monoisotopic (exact) mass is 342 g/mol. The van der Waals surface area contributed by atoms with Gasteiger partial charge < -0.3 is 9.84 Å². The number of amides is 1. The molecule has 1 saturated heterocycles. The van der Waals surface area contributed by atoms with E-state index in [0.29, 0.717) is 6.54 Å². The number of hydrogen-bond acceptors (Lipinski definition) is 5. The van der Waals surface area contributed by atoms with Gasteiger partial charge in [-0.2, -0.15) is 0 Å². The molecule has 1 aromatic carbocycles. The van der Waals surface area contributed by atoms with Crippen molar-refractivity contribution in [2.45, 2.75) is 33.0 Å². The van der Waals surface area contributed by atoms with Crippen molar-refractivity contribution in [3.05, 3.63) is 53.4 Å². The molecule has 6 heteroatoms. The third kappa shape index (κ3) is 4.90. The van der Waals surface area contributed by atoms with Gasteiger partial charge in [-0.05, 0) is 19.4 Å².